The number of ether oxygens (including phenoxy) is 3. The van der Waals surface area contributed by atoms with Gasteiger partial charge in [0.1, 0.15) is 17.4 Å². The van der Waals surface area contributed by atoms with Crippen LogP contribution in [0.2, 0.25) is 0 Å². The van der Waals surface area contributed by atoms with Crippen LogP contribution in [0.1, 0.15) is 22.7 Å². The summed E-state index contributed by atoms with van der Waals surface area (Å²) in [6.45, 7) is 0.315. The van der Waals surface area contributed by atoms with E-state index in [0.29, 0.717) is 23.8 Å². The lowest BCUT2D eigenvalue weighted by Crippen LogP contribution is -2.21. The van der Waals surface area contributed by atoms with E-state index >= 15 is 0 Å². The number of hydrogen-bond acceptors (Lipinski definition) is 6. The maximum Gasteiger partial charge on any atom is 0.244 e. The number of hydrogen-bond donors (Lipinski definition) is 2. The number of rotatable bonds is 4. The van der Waals surface area contributed by atoms with Gasteiger partial charge < -0.3 is 19.9 Å². The summed E-state index contributed by atoms with van der Waals surface area (Å²) in [5, 5.41) is 16.6. The summed E-state index contributed by atoms with van der Waals surface area (Å²) in [4.78, 5) is 0. The lowest BCUT2D eigenvalue weighted by Gasteiger charge is -2.25. The largest absolute Gasteiger partial charge is 0.496 e. The van der Waals surface area contributed by atoms with E-state index in [1.807, 2.05) is 24.3 Å². The van der Waals surface area contributed by atoms with E-state index in [0.717, 1.165) is 16.8 Å². The second-order valence-electron chi connectivity index (χ2n) is 5.02. The van der Waals surface area contributed by atoms with Crippen molar-refractivity contribution in [1.82, 2.24) is 10.2 Å². The quantitative estimate of drug-likeness (QED) is 0.891. The first-order valence-corrected chi connectivity index (χ1v) is 6.97. The van der Waals surface area contributed by atoms with E-state index in [4.69, 9.17) is 19.9 Å². The van der Waals surface area contributed by atoms with Crippen LogP contribution in [-0.2, 0) is 11.3 Å². The van der Waals surface area contributed by atoms with Gasteiger partial charge in [0.2, 0.25) is 11.8 Å². The normalized spacial score (nSPS) is 16.5. The standard InChI is InChI=1S/C16H16N4O3/c1-21-8-11-14-13(9-5-3-4-6-12(9)22-2)10(7-17)15(18)23-16(14)20-19-11/h3-6,13H,8,18H2,1-2H3,(H,19,20)/t13-/m0/s1. The molecular weight excluding hydrogens is 296 g/mol. The molecule has 0 saturated carbocycles. The minimum Gasteiger partial charge on any atom is -0.496 e. The maximum atomic E-state index is 9.57. The third-order valence-corrected chi connectivity index (χ3v) is 3.76. The van der Waals surface area contributed by atoms with Gasteiger partial charge in [-0.25, -0.2) is 0 Å². The van der Waals surface area contributed by atoms with Crippen LogP contribution in [0.25, 0.3) is 0 Å². The number of benzene rings is 1. The SMILES string of the molecule is COCc1[nH]nc2c1[C@@H](c1ccccc1OC)C(C#N)=C(N)O2. The highest BCUT2D eigenvalue weighted by Crippen LogP contribution is 2.45. The number of nitriles is 1. The van der Waals surface area contributed by atoms with Crippen molar-refractivity contribution < 1.29 is 14.2 Å². The summed E-state index contributed by atoms with van der Waals surface area (Å²) in [7, 11) is 3.17. The maximum absolute atomic E-state index is 9.57. The van der Waals surface area contributed by atoms with Gasteiger partial charge >= 0.3 is 0 Å². The predicted molar refractivity (Wildman–Crippen MR) is 81.6 cm³/mol. The molecule has 0 spiro atoms. The van der Waals surface area contributed by atoms with Crippen molar-refractivity contribution in [1.29, 1.82) is 5.26 Å². The number of para-hydroxylation sites is 1. The van der Waals surface area contributed by atoms with Crippen LogP contribution in [0.4, 0.5) is 0 Å². The van der Waals surface area contributed by atoms with E-state index in [1.54, 1.807) is 14.2 Å². The minimum atomic E-state index is -0.427. The van der Waals surface area contributed by atoms with E-state index < -0.39 is 5.92 Å². The Morgan fingerprint density at radius 3 is 2.87 bits per heavy atom. The highest BCUT2D eigenvalue weighted by molar-refractivity contribution is 5.58. The Kier molecular flexibility index (Phi) is 3.91. The Balaban J connectivity index is 2.24. The predicted octanol–water partition coefficient (Wildman–Crippen LogP) is 1.78. The van der Waals surface area contributed by atoms with Gasteiger partial charge in [-0.15, -0.1) is 5.10 Å². The molecule has 0 bridgehead atoms. The third-order valence-electron chi connectivity index (χ3n) is 3.76. The van der Waals surface area contributed by atoms with Crippen LogP contribution < -0.4 is 15.2 Å². The third kappa shape index (κ3) is 2.39. The highest BCUT2D eigenvalue weighted by atomic mass is 16.5. The second kappa shape index (κ2) is 6.02. The van der Waals surface area contributed by atoms with E-state index in [9.17, 15) is 5.26 Å². The Bertz CT molecular complexity index is 804. The zero-order valence-electron chi connectivity index (χ0n) is 12.8. The zero-order valence-corrected chi connectivity index (χ0v) is 12.8. The topological polar surface area (TPSA) is 106 Å². The first kappa shape index (κ1) is 14.9. The van der Waals surface area contributed by atoms with Crippen LogP contribution in [0.5, 0.6) is 11.6 Å². The molecule has 1 aliphatic rings. The minimum absolute atomic E-state index is 0.0476. The molecule has 3 N–H and O–H groups in total. The van der Waals surface area contributed by atoms with Crippen molar-refractivity contribution in [2.24, 2.45) is 5.73 Å². The van der Waals surface area contributed by atoms with Crippen LogP contribution in [0.15, 0.2) is 35.7 Å². The fourth-order valence-corrected chi connectivity index (χ4v) is 2.78. The first-order valence-electron chi connectivity index (χ1n) is 6.97. The number of aromatic amines is 1. The summed E-state index contributed by atoms with van der Waals surface area (Å²) in [6.07, 6.45) is 0. The number of methoxy groups -OCH3 is 2. The van der Waals surface area contributed by atoms with Crippen LogP contribution in [0, 0.1) is 11.3 Å². The average molecular weight is 312 g/mol. The molecule has 0 amide bonds. The van der Waals surface area contributed by atoms with Crippen molar-refractivity contribution in [3.8, 4) is 17.7 Å². The average Bonchev–Trinajstić information content (AvgIpc) is 2.96. The van der Waals surface area contributed by atoms with Crippen LogP contribution >= 0.6 is 0 Å². The molecular formula is C16H16N4O3. The number of H-pyrrole nitrogens is 1. The molecule has 0 aliphatic carbocycles. The smallest absolute Gasteiger partial charge is 0.244 e. The molecule has 1 aromatic heterocycles. The molecule has 118 valence electrons. The van der Waals surface area contributed by atoms with Crippen molar-refractivity contribution >= 4 is 0 Å². The fourth-order valence-electron chi connectivity index (χ4n) is 2.78. The number of nitrogens with zero attached hydrogens (tertiary/aromatic N) is 2. The molecule has 7 nitrogen and oxygen atoms in total. The van der Waals surface area contributed by atoms with Gasteiger partial charge in [-0.3, -0.25) is 5.10 Å². The van der Waals surface area contributed by atoms with Gasteiger partial charge in [0.25, 0.3) is 0 Å². The molecule has 1 atom stereocenters. The molecule has 2 heterocycles. The number of fused-ring (bicyclic) bond motifs is 1. The fraction of sp³-hybridized carbons (Fsp3) is 0.250. The molecule has 0 unspecified atom stereocenters. The summed E-state index contributed by atoms with van der Waals surface area (Å²) in [5.74, 6) is 0.634. The van der Waals surface area contributed by atoms with Crippen molar-refractivity contribution in [3.63, 3.8) is 0 Å². The van der Waals surface area contributed by atoms with Gasteiger partial charge in [0.15, 0.2) is 0 Å². The van der Waals surface area contributed by atoms with Gasteiger partial charge in [-0.2, -0.15) is 5.26 Å². The van der Waals surface area contributed by atoms with Crippen LogP contribution in [-0.4, -0.2) is 24.4 Å². The van der Waals surface area contributed by atoms with Gasteiger partial charge in [0.05, 0.1) is 30.9 Å². The molecule has 23 heavy (non-hydrogen) atoms. The summed E-state index contributed by atoms with van der Waals surface area (Å²) < 4.78 is 16.1. The molecule has 0 fully saturated rings. The zero-order chi connectivity index (χ0) is 16.4. The molecule has 1 aliphatic heterocycles. The van der Waals surface area contributed by atoms with Crippen molar-refractivity contribution in [2.45, 2.75) is 12.5 Å². The lowest BCUT2D eigenvalue weighted by atomic mass is 9.83. The Morgan fingerprint density at radius 2 is 2.17 bits per heavy atom. The molecule has 1 aromatic carbocycles. The second-order valence-corrected chi connectivity index (χ2v) is 5.02. The van der Waals surface area contributed by atoms with Gasteiger partial charge in [-0.05, 0) is 6.07 Å². The highest BCUT2D eigenvalue weighted by Gasteiger charge is 2.36. The molecule has 0 radical (unpaired) electrons. The van der Waals surface area contributed by atoms with E-state index in [1.165, 1.54) is 0 Å². The van der Waals surface area contributed by atoms with Gasteiger partial charge in [0, 0.05) is 12.7 Å². The first-order chi connectivity index (χ1) is 11.2. The van der Waals surface area contributed by atoms with Gasteiger partial charge in [-0.1, -0.05) is 18.2 Å². The van der Waals surface area contributed by atoms with Crippen molar-refractivity contribution in [3.05, 3.63) is 52.5 Å². The molecule has 3 rings (SSSR count). The molecule has 7 heteroatoms. The van der Waals surface area contributed by atoms with Crippen LogP contribution in [0.3, 0.4) is 0 Å². The lowest BCUT2D eigenvalue weighted by molar-refractivity contribution is 0.180. The van der Waals surface area contributed by atoms with E-state index in [-0.39, 0.29) is 5.88 Å². The summed E-state index contributed by atoms with van der Waals surface area (Å²) in [5.41, 5.74) is 8.53. The number of nitrogens with two attached hydrogens (primary N) is 1. The Morgan fingerprint density at radius 1 is 1.39 bits per heavy atom. The molecule has 0 saturated heterocycles. The summed E-state index contributed by atoms with van der Waals surface area (Å²) in [6, 6.07) is 9.63. The van der Waals surface area contributed by atoms with Crippen molar-refractivity contribution in [2.75, 3.05) is 14.2 Å². The number of aromatic nitrogens is 2. The monoisotopic (exact) mass is 312 g/mol. The van der Waals surface area contributed by atoms with E-state index in [2.05, 4.69) is 16.3 Å². The Hall–Kier alpha value is -2.98. The molecule has 2 aromatic rings. The summed E-state index contributed by atoms with van der Waals surface area (Å²) >= 11 is 0. The Labute approximate surface area is 133 Å². The number of allylic oxidation sites excluding steroid dienone is 1. The number of nitrogens with one attached hydrogen (secondary N) is 1.